The van der Waals surface area contributed by atoms with Gasteiger partial charge in [0.25, 0.3) is 0 Å². The first-order valence-corrected chi connectivity index (χ1v) is 5.97. The summed E-state index contributed by atoms with van der Waals surface area (Å²) in [5, 5.41) is 7.54. The second kappa shape index (κ2) is 5.00. The van der Waals surface area contributed by atoms with Crippen LogP contribution in [0.25, 0.3) is 0 Å². The topological polar surface area (TPSA) is 70.8 Å². The van der Waals surface area contributed by atoms with Crippen LogP contribution in [-0.2, 0) is 23.4 Å². The van der Waals surface area contributed by atoms with Crippen molar-refractivity contribution in [3.05, 3.63) is 47.8 Å². The van der Waals surface area contributed by atoms with E-state index >= 15 is 0 Å². The van der Waals surface area contributed by atoms with Gasteiger partial charge in [0.15, 0.2) is 0 Å². The Bertz CT molecular complexity index is 485. The minimum Gasteiger partial charge on any atom is -0.772 e. The molecular weight excluding hydrogens is 226 g/mol. The molecule has 0 aliphatic heterocycles. The van der Waals surface area contributed by atoms with E-state index in [9.17, 15) is 8.76 Å². The van der Waals surface area contributed by atoms with Crippen molar-refractivity contribution < 1.29 is 8.76 Å². The summed E-state index contributed by atoms with van der Waals surface area (Å²) >= 11 is -2.07. The Labute approximate surface area is 95.4 Å². The standard InChI is InChI=1S/C10H11N3O2S/c14-16(15)8-10-4-2-1-3-9(10)7-13-6-5-11-12-13/h1-6H,7-8H2,(H,14,15)/p-1. The highest BCUT2D eigenvalue weighted by Crippen LogP contribution is 2.11. The maximum absolute atomic E-state index is 10.7. The molecule has 1 heterocycles. The summed E-state index contributed by atoms with van der Waals surface area (Å²) in [5.41, 5.74) is 1.74. The third kappa shape index (κ3) is 2.74. The summed E-state index contributed by atoms with van der Waals surface area (Å²) in [5.74, 6) is 0.0326. The molecular formula is C10H10N3O2S-. The van der Waals surface area contributed by atoms with Crippen molar-refractivity contribution in [2.75, 3.05) is 0 Å². The number of nitrogens with zero attached hydrogens (tertiary/aromatic N) is 3. The summed E-state index contributed by atoms with van der Waals surface area (Å²) in [7, 11) is 0. The molecule has 1 atom stereocenters. The third-order valence-corrected chi connectivity index (χ3v) is 2.74. The molecule has 0 aliphatic carbocycles. The van der Waals surface area contributed by atoms with Crippen molar-refractivity contribution in [1.29, 1.82) is 0 Å². The van der Waals surface area contributed by atoms with E-state index in [1.165, 1.54) is 0 Å². The average molecular weight is 236 g/mol. The third-order valence-electron chi connectivity index (χ3n) is 2.20. The van der Waals surface area contributed by atoms with Crippen LogP contribution in [0.1, 0.15) is 11.1 Å². The molecule has 5 nitrogen and oxygen atoms in total. The van der Waals surface area contributed by atoms with Gasteiger partial charge in [0.05, 0.1) is 12.7 Å². The van der Waals surface area contributed by atoms with Crippen molar-refractivity contribution in [3.8, 4) is 0 Å². The second-order valence-corrected chi connectivity index (χ2v) is 4.21. The molecule has 1 aromatic carbocycles. The van der Waals surface area contributed by atoms with Gasteiger partial charge in [-0.1, -0.05) is 40.6 Å². The van der Waals surface area contributed by atoms with Crippen molar-refractivity contribution in [2.24, 2.45) is 0 Å². The zero-order valence-electron chi connectivity index (χ0n) is 8.44. The SMILES string of the molecule is O=S([O-])Cc1ccccc1Cn1ccnn1. The number of rotatable bonds is 4. The van der Waals surface area contributed by atoms with Gasteiger partial charge in [0, 0.05) is 11.9 Å². The second-order valence-electron chi connectivity index (χ2n) is 3.32. The number of hydrogen-bond donors (Lipinski definition) is 0. The van der Waals surface area contributed by atoms with Crippen molar-refractivity contribution in [3.63, 3.8) is 0 Å². The van der Waals surface area contributed by atoms with E-state index in [4.69, 9.17) is 0 Å². The van der Waals surface area contributed by atoms with Gasteiger partial charge < -0.3 is 4.55 Å². The number of aromatic nitrogens is 3. The van der Waals surface area contributed by atoms with Gasteiger partial charge in [0.1, 0.15) is 0 Å². The summed E-state index contributed by atoms with van der Waals surface area (Å²) in [6, 6.07) is 7.41. The lowest BCUT2D eigenvalue weighted by atomic mass is 10.1. The molecule has 0 amide bonds. The van der Waals surface area contributed by atoms with Crippen LogP contribution in [0.3, 0.4) is 0 Å². The van der Waals surface area contributed by atoms with Crippen LogP contribution < -0.4 is 0 Å². The zero-order valence-corrected chi connectivity index (χ0v) is 9.26. The predicted octanol–water partition coefficient (Wildman–Crippen LogP) is 0.706. The van der Waals surface area contributed by atoms with Crippen molar-refractivity contribution in [2.45, 2.75) is 12.3 Å². The molecule has 2 aromatic rings. The number of benzene rings is 1. The predicted molar refractivity (Wildman–Crippen MR) is 58.2 cm³/mol. The first kappa shape index (κ1) is 11.0. The molecule has 1 aromatic heterocycles. The highest BCUT2D eigenvalue weighted by molar-refractivity contribution is 7.78. The molecule has 16 heavy (non-hydrogen) atoms. The first-order chi connectivity index (χ1) is 7.75. The summed E-state index contributed by atoms with van der Waals surface area (Å²) in [6.07, 6.45) is 3.33. The molecule has 1 unspecified atom stereocenters. The average Bonchev–Trinajstić information content (AvgIpc) is 2.73. The Morgan fingerprint density at radius 3 is 2.69 bits per heavy atom. The van der Waals surface area contributed by atoms with Gasteiger partial charge in [-0.15, -0.1) is 5.10 Å². The summed E-state index contributed by atoms with van der Waals surface area (Å²) in [4.78, 5) is 0. The van der Waals surface area contributed by atoms with E-state index < -0.39 is 11.1 Å². The van der Waals surface area contributed by atoms with E-state index in [2.05, 4.69) is 10.3 Å². The van der Waals surface area contributed by atoms with E-state index in [1.807, 2.05) is 24.3 Å². The lowest BCUT2D eigenvalue weighted by Gasteiger charge is -2.10. The molecule has 0 saturated carbocycles. The van der Waals surface area contributed by atoms with Crippen LogP contribution in [0.4, 0.5) is 0 Å². The van der Waals surface area contributed by atoms with Crippen LogP contribution >= 0.6 is 0 Å². The van der Waals surface area contributed by atoms with Crippen LogP contribution in [0, 0.1) is 0 Å². The van der Waals surface area contributed by atoms with Crippen LogP contribution in [0.5, 0.6) is 0 Å². The molecule has 2 rings (SSSR count). The maximum Gasteiger partial charge on any atom is 0.0693 e. The molecule has 0 radical (unpaired) electrons. The van der Waals surface area contributed by atoms with Crippen LogP contribution in [0.15, 0.2) is 36.7 Å². The number of hydrogen-bond acceptors (Lipinski definition) is 4. The fourth-order valence-electron chi connectivity index (χ4n) is 1.47. The fourth-order valence-corrected chi connectivity index (χ4v) is 2.01. The maximum atomic E-state index is 10.7. The Morgan fingerprint density at radius 2 is 2.06 bits per heavy atom. The molecule has 0 N–H and O–H groups in total. The summed E-state index contributed by atoms with van der Waals surface area (Å²) < 4.78 is 23.0. The zero-order chi connectivity index (χ0) is 11.4. The van der Waals surface area contributed by atoms with Gasteiger partial charge in [0.2, 0.25) is 0 Å². The molecule has 0 bridgehead atoms. The van der Waals surface area contributed by atoms with E-state index in [1.54, 1.807) is 17.1 Å². The van der Waals surface area contributed by atoms with E-state index in [0.29, 0.717) is 6.54 Å². The van der Waals surface area contributed by atoms with Gasteiger partial charge in [-0.25, -0.2) is 4.68 Å². The van der Waals surface area contributed by atoms with E-state index in [-0.39, 0.29) is 5.75 Å². The van der Waals surface area contributed by atoms with Crippen LogP contribution in [-0.4, -0.2) is 23.8 Å². The van der Waals surface area contributed by atoms with Gasteiger partial charge in [-0.3, -0.25) is 4.21 Å². The Hall–Kier alpha value is -1.53. The van der Waals surface area contributed by atoms with Gasteiger partial charge >= 0.3 is 0 Å². The minimum absolute atomic E-state index is 0.0326. The van der Waals surface area contributed by atoms with Gasteiger partial charge in [-0.2, -0.15) is 0 Å². The summed E-state index contributed by atoms with van der Waals surface area (Å²) in [6.45, 7) is 0.535. The molecule has 0 aliphatic rings. The fraction of sp³-hybridized carbons (Fsp3) is 0.200. The highest BCUT2D eigenvalue weighted by Gasteiger charge is 2.02. The Balaban J connectivity index is 2.22. The smallest absolute Gasteiger partial charge is 0.0693 e. The van der Waals surface area contributed by atoms with Gasteiger partial charge in [-0.05, 0) is 11.1 Å². The largest absolute Gasteiger partial charge is 0.772 e. The molecule has 0 spiro atoms. The lowest BCUT2D eigenvalue weighted by Crippen LogP contribution is -2.05. The highest BCUT2D eigenvalue weighted by atomic mass is 32.2. The normalized spacial score (nSPS) is 12.6. The molecule has 6 heteroatoms. The molecule has 84 valence electrons. The monoisotopic (exact) mass is 236 g/mol. The van der Waals surface area contributed by atoms with Crippen molar-refractivity contribution in [1.82, 2.24) is 15.0 Å². The molecule has 0 saturated heterocycles. The van der Waals surface area contributed by atoms with E-state index in [0.717, 1.165) is 11.1 Å². The minimum atomic E-state index is -2.07. The molecule has 0 fully saturated rings. The Morgan fingerprint density at radius 1 is 1.31 bits per heavy atom. The Kier molecular flexibility index (Phi) is 3.43. The first-order valence-electron chi connectivity index (χ1n) is 4.72. The van der Waals surface area contributed by atoms with Crippen molar-refractivity contribution >= 4 is 11.1 Å². The lowest BCUT2D eigenvalue weighted by molar-refractivity contribution is 0.535. The quantitative estimate of drug-likeness (QED) is 0.733. The van der Waals surface area contributed by atoms with Crippen LogP contribution in [0.2, 0.25) is 0 Å².